The molecule has 1 aromatic carbocycles. The molecule has 0 spiro atoms. The number of nitrogens with zero attached hydrogens (tertiary/aromatic N) is 1. The van der Waals surface area contributed by atoms with Crippen LogP contribution in [0, 0.1) is 0 Å². The summed E-state index contributed by atoms with van der Waals surface area (Å²) in [6.45, 7) is 3.49. The number of β-amino-alcohol motifs (C(OH)–C–C–N with tert-alkyl or cyclic N) is 1. The molecule has 1 aromatic heterocycles. The number of benzene rings is 1. The van der Waals surface area contributed by atoms with Crippen molar-refractivity contribution in [2.24, 2.45) is 0 Å². The quantitative estimate of drug-likeness (QED) is 0.846. The molecule has 1 aliphatic rings. The first-order valence-corrected chi connectivity index (χ1v) is 8.79. The van der Waals surface area contributed by atoms with Crippen molar-refractivity contribution in [2.75, 3.05) is 26.8 Å². The van der Waals surface area contributed by atoms with Gasteiger partial charge in [-0.1, -0.05) is 12.1 Å². The third-order valence-corrected chi connectivity index (χ3v) is 5.12. The van der Waals surface area contributed by atoms with Crippen LogP contribution in [0.2, 0.25) is 0 Å². The SMILES string of the molecule is COc1ccc(COC[C@@H](O)CN2CCc3sccc3C2)cc1. The molecule has 1 atom stereocenters. The fraction of sp³-hybridized carbons (Fsp3) is 0.444. The van der Waals surface area contributed by atoms with E-state index in [1.165, 1.54) is 10.4 Å². The van der Waals surface area contributed by atoms with Crippen molar-refractivity contribution < 1.29 is 14.6 Å². The Bertz CT molecular complexity index is 611. The molecule has 2 aromatic rings. The number of rotatable bonds is 7. The first kappa shape index (κ1) is 16.5. The standard InChI is InChI=1S/C18H23NO3S/c1-21-17-4-2-14(3-5-17)12-22-13-16(20)11-19-8-6-18-15(10-19)7-9-23-18/h2-5,7,9,16,20H,6,8,10-13H2,1H3/t16-/m0/s1. The van der Waals surface area contributed by atoms with Crippen molar-refractivity contribution in [3.63, 3.8) is 0 Å². The van der Waals surface area contributed by atoms with Crippen LogP contribution in [0.4, 0.5) is 0 Å². The summed E-state index contributed by atoms with van der Waals surface area (Å²) < 4.78 is 10.8. The molecule has 0 saturated carbocycles. The first-order valence-electron chi connectivity index (χ1n) is 7.91. The van der Waals surface area contributed by atoms with E-state index in [0.29, 0.717) is 19.8 Å². The molecule has 0 fully saturated rings. The molecule has 2 heterocycles. The lowest BCUT2D eigenvalue weighted by Crippen LogP contribution is -2.37. The van der Waals surface area contributed by atoms with E-state index in [1.807, 2.05) is 35.6 Å². The Morgan fingerprint density at radius 3 is 2.87 bits per heavy atom. The lowest BCUT2D eigenvalue weighted by molar-refractivity contribution is 0.00784. The van der Waals surface area contributed by atoms with E-state index >= 15 is 0 Å². The van der Waals surface area contributed by atoms with Crippen LogP contribution in [-0.4, -0.2) is 42.9 Å². The third-order valence-electron chi connectivity index (χ3n) is 4.09. The number of methoxy groups -OCH3 is 1. The van der Waals surface area contributed by atoms with E-state index in [4.69, 9.17) is 9.47 Å². The average Bonchev–Trinajstić information content (AvgIpc) is 3.03. The summed E-state index contributed by atoms with van der Waals surface area (Å²) in [5.74, 6) is 0.840. The normalized spacial score (nSPS) is 16.1. The molecular formula is C18H23NO3S. The molecule has 0 amide bonds. The van der Waals surface area contributed by atoms with E-state index < -0.39 is 6.10 Å². The van der Waals surface area contributed by atoms with Crippen molar-refractivity contribution in [2.45, 2.75) is 25.7 Å². The van der Waals surface area contributed by atoms with Gasteiger partial charge in [-0.3, -0.25) is 4.90 Å². The van der Waals surface area contributed by atoms with E-state index in [9.17, 15) is 5.11 Å². The zero-order chi connectivity index (χ0) is 16.1. The Labute approximate surface area is 141 Å². The zero-order valence-electron chi connectivity index (χ0n) is 13.4. The Morgan fingerprint density at radius 1 is 1.26 bits per heavy atom. The van der Waals surface area contributed by atoms with Gasteiger partial charge in [-0.25, -0.2) is 0 Å². The van der Waals surface area contributed by atoms with Crippen LogP contribution in [-0.2, 0) is 24.3 Å². The second kappa shape index (κ2) is 7.93. The summed E-state index contributed by atoms with van der Waals surface area (Å²) in [5.41, 5.74) is 2.49. The smallest absolute Gasteiger partial charge is 0.118 e. The molecule has 1 aliphatic heterocycles. The van der Waals surface area contributed by atoms with Crippen LogP contribution >= 0.6 is 11.3 Å². The van der Waals surface area contributed by atoms with E-state index in [0.717, 1.165) is 30.8 Å². The molecule has 0 radical (unpaired) electrons. The van der Waals surface area contributed by atoms with Gasteiger partial charge in [-0.15, -0.1) is 11.3 Å². The predicted molar refractivity (Wildman–Crippen MR) is 92.0 cm³/mol. The van der Waals surface area contributed by atoms with Crippen LogP contribution < -0.4 is 4.74 Å². The summed E-state index contributed by atoms with van der Waals surface area (Å²) in [6, 6.07) is 9.99. The largest absolute Gasteiger partial charge is 0.497 e. The molecule has 0 unspecified atom stereocenters. The molecule has 4 nitrogen and oxygen atoms in total. The number of fused-ring (bicyclic) bond motifs is 1. The van der Waals surface area contributed by atoms with Gasteiger partial charge in [-0.05, 0) is 41.1 Å². The molecule has 0 saturated heterocycles. The van der Waals surface area contributed by atoms with Crippen LogP contribution in [0.5, 0.6) is 5.75 Å². The number of thiophene rings is 1. The second-order valence-electron chi connectivity index (χ2n) is 5.87. The molecular weight excluding hydrogens is 310 g/mol. The van der Waals surface area contributed by atoms with Gasteiger partial charge in [0.1, 0.15) is 5.75 Å². The molecule has 5 heteroatoms. The zero-order valence-corrected chi connectivity index (χ0v) is 14.2. The van der Waals surface area contributed by atoms with Crippen molar-refractivity contribution in [3.05, 3.63) is 51.7 Å². The minimum Gasteiger partial charge on any atom is -0.497 e. The van der Waals surface area contributed by atoms with Crippen LogP contribution in [0.3, 0.4) is 0 Å². The Kier molecular flexibility index (Phi) is 5.67. The van der Waals surface area contributed by atoms with Crippen molar-refractivity contribution >= 4 is 11.3 Å². The average molecular weight is 333 g/mol. The number of hydrogen-bond acceptors (Lipinski definition) is 5. The first-order chi connectivity index (χ1) is 11.2. The van der Waals surface area contributed by atoms with Gasteiger partial charge >= 0.3 is 0 Å². The Morgan fingerprint density at radius 2 is 2.09 bits per heavy atom. The van der Waals surface area contributed by atoms with Gasteiger partial charge in [0, 0.05) is 24.5 Å². The van der Waals surface area contributed by atoms with E-state index in [2.05, 4.69) is 16.3 Å². The monoisotopic (exact) mass is 333 g/mol. The molecule has 1 N–H and O–H groups in total. The summed E-state index contributed by atoms with van der Waals surface area (Å²) in [6.07, 6.45) is 0.639. The summed E-state index contributed by atoms with van der Waals surface area (Å²) >= 11 is 1.84. The highest BCUT2D eigenvalue weighted by molar-refractivity contribution is 7.10. The van der Waals surface area contributed by atoms with Gasteiger partial charge < -0.3 is 14.6 Å². The fourth-order valence-corrected chi connectivity index (χ4v) is 3.74. The second-order valence-corrected chi connectivity index (χ2v) is 6.87. The number of ether oxygens (including phenoxy) is 2. The van der Waals surface area contributed by atoms with Gasteiger partial charge in [-0.2, -0.15) is 0 Å². The van der Waals surface area contributed by atoms with Gasteiger partial charge in [0.05, 0.1) is 26.4 Å². The number of aliphatic hydroxyl groups excluding tert-OH is 1. The highest BCUT2D eigenvalue weighted by Crippen LogP contribution is 2.24. The van der Waals surface area contributed by atoms with E-state index in [-0.39, 0.29) is 0 Å². The summed E-state index contributed by atoms with van der Waals surface area (Å²) in [5, 5.41) is 12.3. The topological polar surface area (TPSA) is 41.9 Å². The highest BCUT2D eigenvalue weighted by atomic mass is 32.1. The number of aliphatic hydroxyl groups is 1. The number of hydrogen-bond donors (Lipinski definition) is 1. The minimum atomic E-state index is -0.451. The van der Waals surface area contributed by atoms with Gasteiger partial charge in [0.2, 0.25) is 0 Å². The van der Waals surface area contributed by atoms with Crippen LogP contribution in [0.15, 0.2) is 35.7 Å². The Balaban J connectivity index is 1.39. The van der Waals surface area contributed by atoms with Crippen LogP contribution in [0.25, 0.3) is 0 Å². The van der Waals surface area contributed by atoms with Gasteiger partial charge in [0.15, 0.2) is 0 Å². The lowest BCUT2D eigenvalue weighted by Gasteiger charge is -2.28. The maximum atomic E-state index is 10.2. The molecule has 0 aliphatic carbocycles. The Hall–Kier alpha value is -1.40. The molecule has 3 rings (SSSR count). The lowest BCUT2D eigenvalue weighted by atomic mass is 10.1. The van der Waals surface area contributed by atoms with E-state index in [1.54, 1.807) is 7.11 Å². The predicted octanol–water partition coefficient (Wildman–Crippen LogP) is 2.69. The minimum absolute atomic E-state index is 0.360. The van der Waals surface area contributed by atoms with Gasteiger partial charge in [0.25, 0.3) is 0 Å². The molecule has 124 valence electrons. The fourth-order valence-electron chi connectivity index (χ4n) is 2.85. The van der Waals surface area contributed by atoms with Crippen LogP contribution in [0.1, 0.15) is 16.0 Å². The highest BCUT2D eigenvalue weighted by Gasteiger charge is 2.19. The maximum Gasteiger partial charge on any atom is 0.118 e. The van der Waals surface area contributed by atoms with Crippen molar-refractivity contribution in [1.82, 2.24) is 4.90 Å². The summed E-state index contributed by atoms with van der Waals surface area (Å²) in [4.78, 5) is 3.79. The third kappa shape index (κ3) is 4.54. The van der Waals surface area contributed by atoms with Crippen molar-refractivity contribution in [3.8, 4) is 5.75 Å². The van der Waals surface area contributed by atoms with Crippen molar-refractivity contribution in [1.29, 1.82) is 0 Å². The molecule has 23 heavy (non-hydrogen) atoms. The summed E-state index contributed by atoms with van der Waals surface area (Å²) in [7, 11) is 1.65. The molecule has 0 bridgehead atoms. The maximum absolute atomic E-state index is 10.2.